The minimum atomic E-state index is 0.514. The van der Waals surface area contributed by atoms with Crippen molar-refractivity contribution in [3.8, 4) is 0 Å². The fraction of sp³-hybridized carbons (Fsp3) is 0.727. The first-order valence-corrected chi connectivity index (χ1v) is 5.44. The van der Waals surface area contributed by atoms with E-state index in [-0.39, 0.29) is 0 Å². The molecular weight excluding hydrogens is 178 g/mol. The van der Waals surface area contributed by atoms with Crippen LogP contribution in [-0.2, 0) is 0 Å². The van der Waals surface area contributed by atoms with Crippen molar-refractivity contribution in [2.24, 2.45) is 5.92 Å². The zero-order valence-electron chi connectivity index (χ0n) is 9.00. The first-order valence-electron chi connectivity index (χ1n) is 5.03. The topological polar surface area (TPSA) is 3.24 Å². The Morgan fingerprint density at radius 2 is 2.00 bits per heavy atom. The van der Waals surface area contributed by atoms with Crippen LogP contribution < -0.4 is 0 Å². The zero-order valence-corrected chi connectivity index (χ0v) is 9.82. The Morgan fingerprint density at radius 3 is 2.46 bits per heavy atom. The van der Waals surface area contributed by atoms with Gasteiger partial charge in [0.2, 0.25) is 0 Å². The first kappa shape index (κ1) is 10.7. The monoisotopic (exact) mass is 197 g/mol. The van der Waals surface area contributed by atoms with Crippen LogP contribution in [-0.4, -0.2) is 15.9 Å². The summed E-state index contributed by atoms with van der Waals surface area (Å²) in [6, 6.07) is 0.514. The van der Waals surface area contributed by atoms with E-state index < -0.39 is 0 Å². The van der Waals surface area contributed by atoms with Crippen LogP contribution in [0.25, 0.3) is 0 Å². The highest BCUT2D eigenvalue weighted by molar-refractivity contribution is 7.80. The van der Waals surface area contributed by atoms with E-state index in [1.807, 2.05) is 0 Å². The van der Waals surface area contributed by atoms with Gasteiger partial charge in [0, 0.05) is 18.2 Å². The maximum Gasteiger partial charge on any atom is 0.0862 e. The highest BCUT2D eigenvalue weighted by Gasteiger charge is 2.22. The molecule has 0 aromatic carbocycles. The van der Waals surface area contributed by atoms with Gasteiger partial charge in [-0.1, -0.05) is 32.1 Å². The molecule has 0 atom stereocenters. The van der Waals surface area contributed by atoms with E-state index in [1.165, 1.54) is 5.70 Å². The van der Waals surface area contributed by atoms with Gasteiger partial charge >= 0.3 is 0 Å². The minimum Gasteiger partial charge on any atom is -0.337 e. The van der Waals surface area contributed by atoms with Crippen LogP contribution in [0.15, 0.2) is 11.8 Å². The molecule has 0 unspecified atom stereocenters. The highest BCUT2D eigenvalue weighted by Crippen LogP contribution is 2.25. The smallest absolute Gasteiger partial charge is 0.0862 e. The average Bonchev–Trinajstić information content (AvgIpc) is 2.30. The zero-order chi connectivity index (χ0) is 10.0. The summed E-state index contributed by atoms with van der Waals surface area (Å²) in [5.74, 6) is 0.716. The van der Waals surface area contributed by atoms with E-state index in [9.17, 15) is 0 Å². The lowest BCUT2D eigenvalue weighted by atomic mass is 10.1. The van der Waals surface area contributed by atoms with Gasteiger partial charge in [-0.2, -0.15) is 0 Å². The lowest BCUT2D eigenvalue weighted by Gasteiger charge is -2.27. The molecule has 0 N–H and O–H groups in total. The van der Waals surface area contributed by atoms with Crippen molar-refractivity contribution in [1.82, 2.24) is 4.90 Å². The van der Waals surface area contributed by atoms with E-state index in [2.05, 4.69) is 38.7 Å². The van der Waals surface area contributed by atoms with Crippen molar-refractivity contribution >= 4 is 17.2 Å². The largest absolute Gasteiger partial charge is 0.337 e. The van der Waals surface area contributed by atoms with Crippen LogP contribution in [0.3, 0.4) is 0 Å². The Hall–Kier alpha value is -0.370. The maximum absolute atomic E-state index is 5.32. The van der Waals surface area contributed by atoms with Crippen molar-refractivity contribution in [3.05, 3.63) is 11.8 Å². The van der Waals surface area contributed by atoms with Gasteiger partial charge in [0.05, 0.1) is 4.99 Å². The second kappa shape index (κ2) is 4.23. The lowest BCUT2D eigenvalue weighted by molar-refractivity contribution is 0.406. The Labute approximate surface area is 86.8 Å². The van der Waals surface area contributed by atoms with E-state index in [4.69, 9.17) is 12.2 Å². The third-order valence-corrected chi connectivity index (χ3v) is 2.59. The molecule has 1 nitrogen and oxygen atoms in total. The van der Waals surface area contributed by atoms with Crippen molar-refractivity contribution in [1.29, 1.82) is 0 Å². The molecule has 13 heavy (non-hydrogen) atoms. The summed E-state index contributed by atoms with van der Waals surface area (Å²) < 4.78 is 0. The van der Waals surface area contributed by atoms with E-state index >= 15 is 0 Å². The first-order chi connectivity index (χ1) is 6.02. The van der Waals surface area contributed by atoms with Crippen LogP contribution in [0.1, 0.15) is 40.5 Å². The molecule has 0 bridgehead atoms. The molecule has 1 rings (SSSR count). The number of hydrogen-bond acceptors (Lipinski definition) is 1. The summed E-state index contributed by atoms with van der Waals surface area (Å²) in [7, 11) is 0. The molecule has 0 aromatic rings. The summed E-state index contributed by atoms with van der Waals surface area (Å²) in [6.45, 7) is 8.90. The molecule has 0 aromatic heterocycles. The molecule has 0 saturated heterocycles. The number of hydrogen-bond donors (Lipinski definition) is 0. The van der Waals surface area contributed by atoms with Crippen LogP contribution in [0.5, 0.6) is 0 Å². The Bertz CT molecular complexity index is 228. The van der Waals surface area contributed by atoms with Gasteiger partial charge in [-0.15, -0.1) is 0 Å². The number of allylic oxidation sites excluding steroid dienone is 1. The van der Waals surface area contributed by atoms with Crippen LogP contribution in [0.2, 0.25) is 0 Å². The molecule has 0 saturated carbocycles. The van der Waals surface area contributed by atoms with Crippen LogP contribution in [0, 0.1) is 5.92 Å². The molecule has 0 amide bonds. The van der Waals surface area contributed by atoms with Gasteiger partial charge in [0.25, 0.3) is 0 Å². The summed E-state index contributed by atoms with van der Waals surface area (Å²) in [5.41, 5.74) is 1.43. The average molecular weight is 197 g/mol. The van der Waals surface area contributed by atoms with Crippen LogP contribution in [0.4, 0.5) is 0 Å². The molecule has 74 valence electrons. The standard InChI is InChI=1S/C11H19NS/c1-8(2)7-10-5-6-11(13)12(10)9(3)4/h5,8-9H,6-7H2,1-4H3. The maximum atomic E-state index is 5.32. The molecule has 1 heterocycles. The van der Waals surface area contributed by atoms with Gasteiger partial charge in [-0.3, -0.25) is 0 Å². The summed E-state index contributed by atoms with van der Waals surface area (Å²) in [6.07, 6.45) is 4.40. The predicted octanol–water partition coefficient (Wildman–Crippen LogP) is 3.36. The van der Waals surface area contributed by atoms with Gasteiger partial charge in [-0.05, 0) is 26.2 Å². The van der Waals surface area contributed by atoms with Gasteiger partial charge in [0.15, 0.2) is 0 Å². The molecule has 0 spiro atoms. The van der Waals surface area contributed by atoms with Gasteiger partial charge in [0.1, 0.15) is 0 Å². The number of thiocarbonyl (C=S) groups is 1. The fourth-order valence-electron chi connectivity index (χ4n) is 1.78. The van der Waals surface area contributed by atoms with Crippen molar-refractivity contribution in [2.75, 3.05) is 0 Å². The molecule has 1 aliphatic heterocycles. The normalized spacial score (nSPS) is 17.5. The SMILES string of the molecule is CC(C)CC1=CCC(=S)N1C(C)C. The summed E-state index contributed by atoms with van der Waals surface area (Å²) >= 11 is 5.32. The molecule has 0 fully saturated rings. The number of nitrogens with zero attached hydrogens (tertiary/aromatic N) is 1. The molecule has 0 aliphatic carbocycles. The van der Waals surface area contributed by atoms with Gasteiger partial charge < -0.3 is 4.90 Å². The Balaban J connectivity index is 2.68. The fourth-order valence-corrected chi connectivity index (χ4v) is 2.19. The molecule has 1 aliphatic rings. The highest BCUT2D eigenvalue weighted by atomic mass is 32.1. The van der Waals surface area contributed by atoms with Crippen LogP contribution >= 0.6 is 12.2 Å². The summed E-state index contributed by atoms with van der Waals surface area (Å²) in [5, 5.41) is 0. The third kappa shape index (κ3) is 2.53. The van der Waals surface area contributed by atoms with Gasteiger partial charge in [-0.25, -0.2) is 0 Å². The third-order valence-electron chi connectivity index (χ3n) is 2.22. The number of rotatable bonds is 3. The second-order valence-electron chi connectivity index (χ2n) is 4.36. The van der Waals surface area contributed by atoms with E-state index in [0.29, 0.717) is 12.0 Å². The van der Waals surface area contributed by atoms with Crippen molar-refractivity contribution in [3.63, 3.8) is 0 Å². The minimum absolute atomic E-state index is 0.514. The van der Waals surface area contributed by atoms with E-state index in [0.717, 1.165) is 17.8 Å². The molecule has 2 heteroatoms. The molecular formula is C11H19NS. The van der Waals surface area contributed by atoms with E-state index in [1.54, 1.807) is 0 Å². The second-order valence-corrected chi connectivity index (χ2v) is 4.83. The van der Waals surface area contributed by atoms with Crippen molar-refractivity contribution < 1.29 is 0 Å². The Kier molecular flexibility index (Phi) is 3.48. The predicted molar refractivity (Wildman–Crippen MR) is 61.7 cm³/mol. The Morgan fingerprint density at radius 1 is 1.38 bits per heavy atom. The molecule has 0 radical (unpaired) electrons. The summed E-state index contributed by atoms with van der Waals surface area (Å²) in [4.78, 5) is 3.39. The lowest BCUT2D eigenvalue weighted by Crippen LogP contribution is -2.31. The van der Waals surface area contributed by atoms with Crippen molar-refractivity contribution in [2.45, 2.75) is 46.6 Å². The quantitative estimate of drug-likeness (QED) is 0.638.